The van der Waals surface area contributed by atoms with E-state index in [4.69, 9.17) is 0 Å². The lowest BCUT2D eigenvalue weighted by molar-refractivity contribution is 0.0689. The van der Waals surface area contributed by atoms with Gasteiger partial charge in [0.1, 0.15) is 0 Å². The Morgan fingerprint density at radius 1 is 1.11 bits per heavy atom. The lowest BCUT2D eigenvalue weighted by Gasteiger charge is -2.25. The summed E-state index contributed by atoms with van der Waals surface area (Å²) in [6.45, 7) is 0. The maximum Gasteiger partial charge on any atom is 0.0602 e. The molecule has 0 saturated heterocycles. The Bertz CT molecular complexity index is 149. The minimum atomic E-state index is 0.119. The van der Waals surface area contributed by atoms with Gasteiger partial charge < -0.3 is 5.11 Å². The highest BCUT2D eigenvalue weighted by molar-refractivity contribution is 5.12. The molecule has 0 heterocycles. The Balaban J connectivity index is 1.98. The number of aliphatic hydroxyl groups is 1. The van der Waals surface area contributed by atoms with Gasteiger partial charge in [0.05, 0.1) is 6.10 Å². The molecule has 4 fully saturated rings. The lowest BCUT2D eigenvalue weighted by Crippen LogP contribution is -2.24. The Hall–Kier alpha value is -0.0400. The third-order valence-corrected chi connectivity index (χ3v) is 3.72. The van der Waals surface area contributed by atoms with Crippen LogP contribution in [-0.2, 0) is 0 Å². The van der Waals surface area contributed by atoms with E-state index in [1.54, 1.807) is 0 Å². The first-order valence-electron chi connectivity index (χ1n) is 4.06. The molecule has 4 aliphatic rings. The van der Waals surface area contributed by atoms with Gasteiger partial charge >= 0.3 is 0 Å². The van der Waals surface area contributed by atoms with E-state index in [1.165, 1.54) is 19.3 Å². The van der Waals surface area contributed by atoms with E-state index < -0.39 is 0 Å². The molecular formula is C8H12O. The molecule has 0 amide bonds. The Morgan fingerprint density at radius 2 is 2.00 bits per heavy atom. The van der Waals surface area contributed by atoms with Crippen LogP contribution in [0.25, 0.3) is 0 Å². The molecule has 0 aliphatic heterocycles. The van der Waals surface area contributed by atoms with E-state index in [1.807, 2.05) is 0 Å². The van der Waals surface area contributed by atoms with Crippen molar-refractivity contribution in [1.82, 2.24) is 0 Å². The first-order valence-corrected chi connectivity index (χ1v) is 4.06. The van der Waals surface area contributed by atoms with Crippen LogP contribution >= 0.6 is 0 Å². The first kappa shape index (κ1) is 4.73. The van der Waals surface area contributed by atoms with Crippen molar-refractivity contribution in [3.05, 3.63) is 0 Å². The monoisotopic (exact) mass is 124 g/mol. The molecule has 9 heavy (non-hydrogen) atoms. The van der Waals surface area contributed by atoms with Crippen molar-refractivity contribution >= 4 is 0 Å². The van der Waals surface area contributed by atoms with Crippen LogP contribution in [0.15, 0.2) is 0 Å². The number of hydrogen-bond acceptors (Lipinski definition) is 1. The summed E-state index contributed by atoms with van der Waals surface area (Å²) in [6, 6.07) is 0. The molecule has 4 aliphatic carbocycles. The number of rotatable bonds is 0. The molecule has 4 rings (SSSR count). The van der Waals surface area contributed by atoms with Crippen LogP contribution in [0.1, 0.15) is 19.3 Å². The minimum Gasteiger partial charge on any atom is -0.393 e. The topological polar surface area (TPSA) is 20.2 Å². The summed E-state index contributed by atoms with van der Waals surface area (Å²) in [5, 5.41) is 9.53. The summed E-state index contributed by atoms with van der Waals surface area (Å²) in [7, 11) is 0. The summed E-state index contributed by atoms with van der Waals surface area (Å²) in [5.74, 6) is 3.41. The highest BCUT2D eigenvalue weighted by atomic mass is 16.3. The maximum atomic E-state index is 9.53. The molecule has 4 bridgehead atoms. The molecule has 1 heteroatoms. The number of hydrogen-bond donors (Lipinski definition) is 1. The quantitative estimate of drug-likeness (QED) is 0.511. The van der Waals surface area contributed by atoms with Crippen molar-refractivity contribution < 1.29 is 5.11 Å². The average molecular weight is 124 g/mol. The fourth-order valence-corrected chi connectivity index (χ4v) is 3.22. The smallest absolute Gasteiger partial charge is 0.0602 e. The van der Waals surface area contributed by atoms with Crippen molar-refractivity contribution in [1.29, 1.82) is 0 Å². The Morgan fingerprint density at radius 3 is 2.33 bits per heavy atom. The molecule has 0 aromatic heterocycles. The normalized spacial score (nSPS) is 68.3. The van der Waals surface area contributed by atoms with Crippen molar-refractivity contribution in [2.24, 2.45) is 23.7 Å². The van der Waals surface area contributed by atoms with E-state index in [0.717, 1.165) is 17.8 Å². The third-order valence-electron chi connectivity index (χ3n) is 3.72. The van der Waals surface area contributed by atoms with Gasteiger partial charge in [0.15, 0.2) is 0 Å². The summed E-state index contributed by atoms with van der Waals surface area (Å²) in [6.07, 6.45) is 4.22. The molecule has 0 aromatic carbocycles. The summed E-state index contributed by atoms with van der Waals surface area (Å²) < 4.78 is 0. The van der Waals surface area contributed by atoms with Gasteiger partial charge in [0, 0.05) is 0 Å². The van der Waals surface area contributed by atoms with Crippen LogP contribution in [0, 0.1) is 23.7 Å². The van der Waals surface area contributed by atoms with E-state index in [0.29, 0.717) is 5.92 Å². The fourth-order valence-electron chi connectivity index (χ4n) is 3.22. The van der Waals surface area contributed by atoms with Gasteiger partial charge in [-0.25, -0.2) is 0 Å². The molecule has 5 atom stereocenters. The summed E-state index contributed by atoms with van der Waals surface area (Å²) in [5.41, 5.74) is 0. The van der Waals surface area contributed by atoms with Gasteiger partial charge in [0.25, 0.3) is 0 Å². The van der Waals surface area contributed by atoms with E-state index in [2.05, 4.69) is 0 Å². The van der Waals surface area contributed by atoms with Gasteiger partial charge in [-0.3, -0.25) is 0 Å². The molecule has 0 unspecified atom stereocenters. The molecule has 0 spiro atoms. The molecule has 50 valence electrons. The zero-order valence-corrected chi connectivity index (χ0v) is 5.46. The van der Waals surface area contributed by atoms with Crippen molar-refractivity contribution in [3.8, 4) is 0 Å². The molecular weight excluding hydrogens is 112 g/mol. The Kier molecular flexibility index (Phi) is 0.628. The summed E-state index contributed by atoms with van der Waals surface area (Å²) in [4.78, 5) is 0. The third kappa shape index (κ3) is 0.389. The zero-order valence-electron chi connectivity index (χ0n) is 5.46. The van der Waals surface area contributed by atoms with Crippen LogP contribution in [-0.4, -0.2) is 11.2 Å². The second-order valence-electron chi connectivity index (χ2n) is 3.97. The van der Waals surface area contributed by atoms with Gasteiger partial charge in [-0.2, -0.15) is 0 Å². The van der Waals surface area contributed by atoms with Gasteiger partial charge in [0.2, 0.25) is 0 Å². The van der Waals surface area contributed by atoms with Crippen LogP contribution in [0.4, 0.5) is 0 Å². The fraction of sp³-hybridized carbons (Fsp3) is 1.00. The summed E-state index contributed by atoms with van der Waals surface area (Å²) >= 11 is 0. The van der Waals surface area contributed by atoms with Crippen molar-refractivity contribution in [2.45, 2.75) is 25.4 Å². The lowest BCUT2D eigenvalue weighted by atomic mass is 9.84. The predicted molar refractivity (Wildman–Crippen MR) is 33.8 cm³/mol. The standard InChI is InChI=1S/C8H12O/c9-8-4-1-2-5-6(3-4)7(5)8/h4-9H,1-3H2/t4-,5+,6-,7+,8+/m0/s1. The predicted octanol–water partition coefficient (Wildman–Crippen LogP) is 1.02. The maximum absolute atomic E-state index is 9.53. The largest absolute Gasteiger partial charge is 0.393 e. The molecule has 1 N–H and O–H groups in total. The SMILES string of the molecule is O[C@@H]1[C@H]2CC[C@@H]3[C@H](C2)[C@H]13. The Labute approximate surface area is 55.1 Å². The highest BCUT2D eigenvalue weighted by Gasteiger charge is 2.63. The molecule has 4 saturated carbocycles. The van der Waals surface area contributed by atoms with Crippen LogP contribution in [0.2, 0.25) is 0 Å². The highest BCUT2D eigenvalue weighted by Crippen LogP contribution is 2.66. The molecule has 0 radical (unpaired) electrons. The minimum absolute atomic E-state index is 0.119. The first-order chi connectivity index (χ1) is 4.38. The second-order valence-corrected chi connectivity index (χ2v) is 3.97. The zero-order chi connectivity index (χ0) is 6.01. The average Bonchev–Trinajstić information content (AvgIpc) is 2.52. The molecule has 0 aromatic rings. The van der Waals surface area contributed by atoms with Gasteiger partial charge in [-0.15, -0.1) is 0 Å². The number of aliphatic hydroxyl groups excluding tert-OH is 1. The second kappa shape index (κ2) is 1.20. The van der Waals surface area contributed by atoms with Crippen LogP contribution < -0.4 is 0 Å². The van der Waals surface area contributed by atoms with Crippen molar-refractivity contribution in [2.75, 3.05) is 0 Å². The van der Waals surface area contributed by atoms with E-state index >= 15 is 0 Å². The van der Waals surface area contributed by atoms with E-state index in [-0.39, 0.29) is 6.10 Å². The van der Waals surface area contributed by atoms with Crippen LogP contribution in [0.3, 0.4) is 0 Å². The van der Waals surface area contributed by atoms with Crippen molar-refractivity contribution in [3.63, 3.8) is 0 Å². The van der Waals surface area contributed by atoms with Gasteiger partial charge in [-0.05, 0) is 42.9 Å². The number of fused-ring (bicyclic) bond motifs is 1. The van der Waals surface area contributed by atoms with Crippen LogP contribution in [0.5, 0.6) is 0 Å². The molecule has 1 nitrogen and oxygen atoms in total. The van der Waals surface area contributed by atoms with Gasteiger partial charge in [-0.1, -0.05) is 0 Å². The van der Waals surface area contributed by atoms with E-state index in [9.17, 15) is 5.11 Å².